The van der Waals surface area contributed by atoms with E-state index in [1.807, 2.05) is 31.2 Å². The molecule has 1 rings (SSSR count). The molecule has 1 aromatic rings. The minimum absolute atomic E-state index is 0.121. The van der Waals surface area contributed by atoms with Gasteiger partial charge in [-0.1, -0.05) is 12.1 Å². The molecule has 0 bridgehead atoms. The van der Waals surface area contributed by atoms with Gasteiger partial charge in [0.05, 0.1) is 18.4 Å². The maximum absolute atomic E-state index is 12.1. The van der Waals surface area contributed by atoms with Gasteiger partial charge in [-0.25, -0.2) is 0 Å². The molecule has 0 heterocycles. The molecule has 5 heteroatoms. The van der Waals surface area contributed by atoms with E-state index in [0.29, 0.717) is 18.7 Å². The number of hydrogen-bond acceptors (Lipinski definition) is 3. The molecule has 1 aromatic carbocycles. The minimum Gasteiger partial charge on any atom is -0.497 e. The van der Waals surface area contributed by atoms with E-state index in [-0.39, 0.29) is 11.8 Å². The number of carboxylic acids is 1. The number of amides is 1. The summed E-state index contributed by atoms with van der Waals surface area (Å²) in [5, 5.41) is 11.8. The molecule has 1 atom stereocenters. The Kier molecular flexibility index (Phi) is 5.76. The van der Waals surface area contributed by atoms with Crippen molar-refractivity contribution in [1.29, 1.82) is 0 Å². The smallest absolute Gasteiger partial charge is 0.309 e. The van der Waals surface area contributed by atoms with Crippen molar-refractivity contribution in [1.82, 2.24) is 5.32 Å². The van der Waals surface area contributed by atoms with Crippen LogP contribution in [0.2, 0.25) is 0 Å². The van der Waals surface area contributed by atoms with Gasteiger partial charge in [0.25, 0.3) is 0 Å². The van der Waals surface area contributed by atoms with Crippen LogP contribution in [-0.2, 0) is 9.59 Å². The molecule has 21 heavy (non-hydrogen) atoms. The highest BCUT2D eigenvalue weighted by atomic mass is 16.5. The predicted molar refractivity (Wildman–Crippen MR) is 80.5 cm³/mol. The number of aliphatic carboxylic acids is 1. The zero-order valence-corrected chi connectivity index (χ0v) is 13.0. The number of carboxylic acid groups (broad SMARTS) is 1. The molecular weight excluding hydrogens is 270 g/mol. The van der Waals surface area contributed by atoms with E-state index in [4.69, 9.17) is 9.84 Å². The van der Waals surface area contributed by atoms with Crippen LogP contribution in [0, 0.1) is 5.41 Å². The lowest BCUT2D eigenvalue weighted by atomic mass is 9.89. The third kappa shape index (κ3) is 4.77. The van der Waals surface area contributed by atoms with Crippen molar-refractivity contribution >= 4 is 11.9 Å². The molecule has 0 saturated heterocycles. The molecule has 1 amide bonds. The van der Waals surface area contributed by atoms with Crippen molar-refractivity contribution in [3.63, 3.8) is 0 Å². The number of hydrogen-bond donors (Lipinski definition) is 2. The third-order valence-electron chi connectivity index (χ3n) is 3.62. The number of carbonyl (C=O) groups is 2. The van der Waals surface area contributed by atoms with Crippen LogP contribution in [0.5, 0.6) is 5.75 Å². The Morgan fingerprint density at radius 1 is 1.38 bits per heavy atom. The highest BCUT2D eigenvalue weighted by Crippen LogP contribution is 2.22. The Morgan fingerprint density at radius 3 is 2.62 bits per heavy atom. The fourth-order valence-corrected chi connectivity index (χ4v) is 1.82. The fourth-order valence-electron chi connectivity index (χ4n) is 1.82. The Balaban J connectivity index is 2.57. The molecule has 0 aliphatic rings. The van der Waals surface area contributed by atoms with E-state index >= 15 is 0 Å². The third-order valence-corrected chi connectivity index (χ3v) is 3.62. The normalized spacial score (nSPS) is 12.6. The van der Waals surface area contributed by atoms with E-state index in [0.717, 1.165) is 5.56 Å². The van der Waals surface area contributed by atoms with Gasteiger partial charge in [-0.15, -0.1) is 0 Å². The lowest BCUT2D eigenvalue weighted by molar-refractivity contribution is -0.147. The van der Waals surface area contributed by atoms with Gasteiger partial charge in [0.15, 0.2) is 0 Å². The Morgan fingerprint density at radius 2 is 2.05 bits per heavy atom. The Hall–Kier alpha value is -2.04. The molecule has 1 unspecified atom stereocenters. The van der Waals surface area contributed by atoms with E-state index < -0.39 is 11.4 Å². The summed E-state index contributed by atoms with van der Waals surface area (Å²) >= 11 is 0. The Bertz CT molecular complexity index is 511. The van der Waals surface area contributed by atoms with Crippen LogP contribution in [0.4, 0.5) is 0 Å². The maximum atomic E-state index is 12.1. The van der Waals surface area contributed by atoms with Gasteiger partial charge in [-0.2, -0.15) is 0 Å². The summed E-state index contributed by atoms with van der Waals surface area (Å²) < 4.78 is 5.14. The molecule has 0 spiro atoms. The number of nitrogens with one attached hydrogen (secondary N) is 1. The van der Waals surface area contributed by atoms with Crippen LogP contribution in [0.1, 0.15) is 38.7 Å². The number of rotatable bonds is 7. The lowest BCUT2D eigenvalue weighted by Crippen LogP contribution is -2.33. The van der Waals surface area contributed by atoms with Gasteiger partial charge in [0.1, 0.15) is 5.75 Å². The number of carbonyl (C=O) groups excluding carboxylic acids is 1. The summed E-state index contributed by atoms with van der Waals surface area (Å²) in [6.07, 6.45) is 0.388. The van der Waals surface area contributed by atoms with E-state index in [9.17, 15) is 9.59 Å². The van der Waals surface area contributed by atoms with Crippen molar-refractivity contribution in [3.05, 3.63) is 29.8 Å². The average Bonchev–Trinajstić information content (AvgIpc) is 2.46. The van der Waals surface area contributed by atoms with Gasteiger partial charge in [0.2, 0.25) is 5.91 Å². The molecule has 5 nitrogen and oxygen atoms in total. The van der Waals surface area contributed by atoms with Gasteiger partial charge in [0, 0.05) is 6.54 Å². The standard InChI is InChI=1S/C16H23NO4/c1-11(12-6-5-7-13(10-12)21-4)14(18)17-9-8-16(2,3)15(19)20/h5-7,10-11H,8-9H2,1-4H3,(H,17,18)(H,19,20). The van der Waals surface area contributed by atoms with Crippen molar-refractivity contribution < 1.29 is 19.4 Å². The van der Waals surface area contributed by atoms with Crippen molar-refractivity contribution in [3.8, 4) is 5.75 Å². The second-order valence-electron chi connectivity index (χ2n) is 5.73. The first-order valence-corrected chi connectivity index (χ1v) is 6.93. The van der Waals surface area contributed by atoms with E-state index in [1.165, 1.54) is 0 Å². The largest absolute Gasteiger partial charge is 0.497 e. The van der Waals surface area contributed by atoms with Crippen LogP contribution >= 0.6 is 0 Å². The van der Waals surface area contributed by atoms with Crippen LogP contribution in [-0.4, -0.2) is 30.6 Å². The lowest BCUT2D eigenvalue weighted by Gasteiger charge is -2.20. The highest BCUT2D eigenvalue weighted by Gasteiger charge is 2.27. The van der Waals surface area contributed by atoms with Crippen LogP contribution in [0.25, 0.3) is 0 Å². The van der Waals surface area contributed by atoms with E-state index in [1.54, 1.807) is 21.0 Å². The Labute approximate surface area is 125 Å². The zero-order chi connectivity index (χ0) is 16.0. The predicted octanol–water partition coefficient (Wildman–Crippen LogP) is 2.42. The van der Waals surface area contributed by atoms with Gasteiger partial charge < -0.3 is 15.2 Å². The SMILES string of the molecule is COc1cccc(C(C)C(=O)NCCC(C)(C)C(=O)O)c1. The summed E-state index contributed by atoms with van der Waals surface area (Å²) in [7, 11) is 1.58. The maximum Gasteiger partial charge on any atom is 0.309 e. The van der Waals surface area contributed by atoms with Gasteiger partial charge >= 0.3 is 5.97 Å². The first-order chi connectivity index (χ1) is 9.77. The highest BCUT2D eigenvalue weighted by molar-refractivity contribution is 5.83. The molecule has 2 N–H and O–H groups in total. The second-order valence-corrected chi connectivity index (χ2v) is 5.73. The molecule has 0 aliphatic heterocycles. The summed E-state index contributed by atoms with van der Waals surface area (Å²) in [5.74, 6) is -0.589. The zero-order valence-electron chi connectivity index (χ0n) is 13.0. The number of ether oxygens (including phenoxy) is 1. The quantitative estimate of drug-likeness (QED) is 0.809. The first-order valence-electron chi connectivity index (χ1n) is 6.93. The van der Waals surface area contributed by atoms with Crippen LogP contribution < -0.4 is 10.1 Å². The molecule has 0 aromatic heterocycles. The van der Waals surface area contributed by atoms with E-state index in [2.05, 4.69) is 5.32 Å². The summed E-state index contributed by atoms with van der Waals surface area (Å²) in [4.78, 5) is 23.1. The molecule has 0 radical (unpaired) electrons. The first kappa shape index (κ1) is 17.0. The number of methoxy groups -OCH3 is 1. The summed E-state index contributed by atoms with van der Waals surface area (Å²) in [6, 6.07) is 7.36. The second kappa shape index (κ2) is 7.11. The van der Waals surface area contributed by atoms with Crippen LogP contribution in [0.15, 0.2) is 24.3 Å². The van der Waals surface area contributed by atoms with Crippen molar-refractivity contribution in [2.24, 2.45) is 5.41 Å². The molecule has 0 aliphatic carbocycles. The summed E-state index contributed by atoms with van der Waals surface area (Å²) in [6.45, 7) is 5.44. The van der Waals surface area contributed by atoms with Crippen molar-refractivity contribution in [2.75, 3.05) is 13.7 Å². The average molecular weight is 293 g/mol. The van der Waals surface area contributed by atoms with Gasteiger partial charge in [-0.3, -0.25) is 9.59 Å². The summed E-state index contributed by atoms with van der Waals surface area (Å²) in [5.41, 5.74) is 0.0243. The molecule has 0 fully saturated rings. The monoisotopic (exact) mass is 293 g/mol. The topological polar surface area (TPSA) is 75.6 Å². The fraction of sp³-hybridized carbons (Fsp3) is 0.500. The number of benzene rings is 1. The van der Waals surface area contributed by atoms with Gasteiger partial charge in [-0.05, 0) is 44.9 Å². The molecule has 0 saturated carbocycles. The van der Waals surface area contributed by atoms with Crippen molar-refractivity contribution in [2.45, 2.75) is 33.1 Å². The minimum atomic E-state index is -0.863. The molecular formula is C16H23NO4. The van der Waals surface area contributed by atoms with Crippen LogP contribution in [0.3, 0.4) is 0 Å². The molecule has 116 valence electrons.